The fraction of sp³-hybridized carbons (Fsp3) is 0.0769. The Balaban J connectivity index is 2.31. The molecule has 0 bridgehead atoms. The van der Waals surface area contributed by atoms with Crippen LogP contribution in [0.2, 0.25) is 10.0 Å². The van der Waals surface area contributed by atoms with E-state index in [-0.39, 0.29) is 21.5 Å². The summed E-state index contributed by atoms with van der Waals surface area (Å²) in [4.78, 5) is 0. The monoisotopic (exact) mass is 305 g/mol. The third-order valence-corrected chi connectivity index (χ3v) is 3.04. The maximum Gasteiger partial charge on any atom is 0.416 e. The molecule has 0 aliphatic rings. The first-order valence-corrected chi connectivity index (χ1v) is 5.84. The number of halogens is 5. The SMILES string of the molecule is FC(F)(F)c1cc[c]c(Oc2cccc(Cl)c2Cl)c1. The Labute approximate surface area is 117 Å². The number of alkyl halides is 3. The highest BCUT2D eigenvalue weighted by molar-refractivity contribution is 6.42. The van der Waals surface area contributed by atoms with Crippen molar-refractivity contribution in [1.29, 1.82) is 0 Å². The van der Waals surface area contributed by atoms with E-state index in [0.29, 0.717) is 0 Å². The van der Waals surface area contributed by atoms with Crippen LogP contribution in [0.15, 0.2) is 36.4 Å². The van der Waals surface area contributed by atoms with E-state index in [1.54, 1.807) is 12.1 Å². The number of hydrogen-bond donors (Lipinski definition) is 0. The van der Waals surface area contributed by atoms with Gasteiger partial charge in [0.15, 0.2) is 0 Å². The van der Waals surface area contributed by atoms with Gasteiger partial charge in [-0.25, -0.2) is 0 Å². The largest absolute Gasteiger partial charge is 0.455 e. The molecule has 0 fully saturated rings. The normalized spacial score (nSPS) is 11.4. The summed E-state index contributed by atoms with van der Waals surface area (Å²) < 4.78 is 42.9. The number of hydrogen-bond acceptors (Lipinski definition) is 1. The summed E-state index contributed by atoms with van der Waals surface area (Å²) in [7, 11) is 0. The van der Waals surface area contributed by atoms with E-state index < -0.39 is 11.7 Å². The van der Waals surface area contributed by atoms with Crippen LogP contribution in [0.4, 0.5) is 13.2 Å². The quantitative estimate of drug-likeness (QED) is 0.701. The number of rotatable bonds is 2. The first-order chi connectivity index (χ1) is 8.88. The average molecular weight is 306 g/mol. The lowest BCUT2D eigenvalue weighted by molar-refractivity contribution is -0.137. The highest BCUT2D eigenvalue weighted by atomic mass is 35.5. The molecule has 0 unspecified atom stereocenters. The molecule has 0 heterocycles. The van der Waals surface area contributed by atoms with Gasteiger partial charge in [0.05, 0.1) is 10.6 Å². The van der Waals surface area contributed by atoms with Crippen LogP contribution in [-0.4, -0.2) is 0 Å². The van der Waals surface area contributed by atoms with Crippen LogP contribution in [0.25, 0.3) is 0 Å². The maximum atomic E-state index is 12.5. The molecule has 1 radical (unpaired) electrons. The average Bonchev–Trinajstić information content (AvgIpc) is 2.34. The molecule has 2 aromatic carbocycles. The van der Waals surface area contributed by atoms with Gasteiger partial charge < -0.3 is 4.74 Å². The molecule has 0 spiro atoms. The maximum absolute atomic E-state index is 12.5. The molecule has 2 aromatic rings. The van der Waals surface area contributed by atoms with Crippen LogP contribution in [0.3, 0.4) is 0 Å². The lowest BCUT2D eigenvalue weighted by Crippen LogP contribution is -2.04. The van der Waals surface area contributed by atoms with Gasteiger partial charge in [-0.15, -0.1) is 0 Å². The summed E-state index contributed by atoms with van der Waals surface area (Å²) in [6.45, 7) is 0. The van der Waals surface area contributed by atoms with Gasteiger partial charge in [-0.3, -0.25) is 0 Å². The lowest BCUT2D eigenvalue weighted by atomic mass is 10.2. The summed E-state index contributed by atoms with van der Waals surface area (Å²) in [6, 6.07) is 10.1. The molecule has 0 atom stereocenters. The molecule has 0 saturated heterocycles. The molecule has 6 heteroatoms. The van der Waals surface area contributed by atoms with E-state index >= 15 is 0 Å². The van der Waals surface area contributed by atoms with Gasteiger partial charge in [0.25, 0.3) is 0 Å². The standard InChI is InChI=1S/C13H6Cl2F3O/c14-10-5-2-6-11(12(10)15)19-9-4-1-3-8(7-9)13(16,17)18/h1-3,5-7H. The van der Waals surface area contributed by atoms with Crippen LogP contribution in [0.1, 0.15) is 5.56 Å². The Kier molecular flexibility index (Phi) is 3.92. The zero-order valence-electron chi connectivity index (χ0n) is 9.26. The molecule has 2 rings (SSSR count). The topological polar surface area (TPSA) is 9.23 Å². The summed E-state index contributed by atoms with van der Waals surface area (Å²) in [6.07, 6.45) is -4.44. The Morgan fingerprint density at radius 1 is 1.11 bits per heavy atom. The highest BCUT2D eigenvalue weighted by Gasteiger charge is 2.30. The molecule has 0 N–H and O–H groups in total. The third kappa shape index (κ3) is 3.33. The summed E-state index contributed by atoms with van der Waals surface area (Å²) in [5.41, 5.74) is -0.820. The van der Waals surface area contributed by atoms with Crippen molar-refractivity contribution in [2.45, 2.75) is 6.18 Å². The Morgan fingerprint density at radius 3 is 2.53 bits per heavy atom. The number of ether oxygens (including phenoxy) is 1. The van der Waals surface area contributed by atoms with Gasteiger partial charge in [0.1, 0.15) is 16.5 Å². The second-order valence-electron chi connectivity index (χ2n) is 3.59. The summed E-state index contributed by atoms with van der Waals surface area (Å²) in [5, 5.41) is 0.390. The fourth-order valence-corrected chi connectivity index (χ4v) is 1.69. The van der Waals surface area contributed by atoms with Crippen molar-refractivity contribution >= 4 is 23.2 Å². The van der Waals surface area contributed by atoms with Crippen LogP contribution >= 0.6 is 23.2 Å². The molecule has 0 aliphatic heterocycles. The Morgan fingerprint density at radius 2 is 1.84 bits per heavy atom. The van der Waals surface area contributed by atoms with Crippen LogP contribution in [-0.2, 0) is 6.18 Å². The van der Waals surface area contributed by atoms with Crippen molar-refractivity contribution in [2.75, 3.05) is 0 Å². The van der Waals surface area contributed by atoms with Crippen molar-refractivity contribution in [3.63, 3.8) is 0 Å². The van der Waals surface area contributed by atoms with E-state index in [9.17, 15) is 13.2 Å². The molecule has 19 heavy (non-hydrogen) atoms. The van der Waals surface area contributed by atoms with Crippen LogP contribution < -0.4 is 4.74 Å². The molecular weight excluding hydrogens is 300 g/mol. The van der Waals surface area contributed by atoms with Gasteiger partial charge in [0, 0.05) is 6.07 Å². The molecule has 1 nitrogen and oxygen atoms in total. The fourth-order valence-electron chi connectivity index (χ4n) is 1.36. The number of benzene rings is 2. The van der Waals surface area contributed by atoms with E-state index in [2.05, 4.69) is 6.07 Å². The van der Waals surface area contributed by atoms with Crippen molar-refractivity contribution in [2.24, 2.45) is 0 Å². The van der Waals surface area contributed by atoms with Crippen molar-refractivity contribution in [1.82, 2.24) is 0 Å². The molecule has 0 amide bonds. The minimum atomic E-state index is -4.44. The summed E-state index contributed by atoms with van der Waals surface area (Å²) >= 11 is 11.7. The van der Waals surface area contributed by atoms with Crippen molar-refractivity contribution < 1.29 is 17.9 Å². The minimum Gasteiger partial charge on any atom is -0.455 e. The van der Waals surface area contributed by atoms with Gasteiger partial charge in [-0.05, 0) is 30.3 Å². The summed E-state index contributed by atoms with van der Waals surface area (Å²) in [5.74, 6) is 0.0868. The second kappa shape index (κ2) is 5.31. The van der Waals surface area contributed by atoms with Crippen LogP contribution in [0, 0.1) is 6.07 Å². The Bertz CT molecular complexity index is 597. The Hall–Kier alpha value is -1.39. The zero-order chi connectivity index (χ0) is 14.0. The van der Waals surface area contributed by atoms with E-state index in [4.69, 9.17) is 27.9 Å². The predicted octanol–water partition coefficient (Wildman–Crippen LogP) is 5.60. The first kappa shape index (κ1) is 14.0. The van der Waals surface area contributed by atoms with Gasteiger partial charge >= 0.3 is 6.18 Å². The van der Waals surface area contributed by atoms with Gasteiger partial charge in [-0.1, -0.05) is 29.3 Å². The van der Waals surface area contributed by atoms with Gasteiger partial charge in [0.2, 0.25) is 0 Å². The highest BCUT2D eigenvalue weighted by Crippen LogP contribution is 2.36. The van der Waals surface area contributed by atoms with Crippen LogP contribution in [0.5, 0.6) is 11.5 Å². The van der Waals surface area contributed by atoms with E-state index in [1.807, 2.05) is 0 Å². The smallest absolute Gasteiger partial charge is 0.416 e. The van der Waals surface area contributed by atoms with Gasteiger partial charge in [-0.2, -0.15) is 13.2 Å². The van der Waals surface area contributed by atoms with E-state index in [0.717, 1.165) is 18.2 Å². The first-order valence-electron chi connectivity index (χ1n) is 5.09. The molecule has 0 aliphatic carbocycles. The molecule has 99 valence electrons. The molecule has 0 saturated carbocycles. The van der Waals surface area contributed by atoms with Crippen molar-refractivity contribution in [3.8, 4) is 11.5 Å². The minimum absolute atomic E-state index is 0.0843. The second-order valence-corrected chi connectivity index (χ2v) is 4.38. The van der Waals surface area contributed by atoms with Crippen molar-refractivity contribution in [3.05, 3.63) is 58.1 Å². The van der Waals surface area contributed by atoms with E-state index in [1.165, 1.54) is 6.07 Å². The zero-order valence-corrected chi connectivity index (χ0v) is 10.8. The molecular formula is C13H6Cl2F3O. The predicted molar refractivity (Wildman–Crippen MR) is 66.8 cm³/mol. The lowest BCUT2D eigenvalue weighted by Gasteiger charge is -2.11. The molecule has 0 aromatic heterocycles. The third-order valence-electron chi connectivity index (χ3n) is 2.24.